The molecule has 0 radical (unpaired) electrons. The summed E-state index contributed by atoms with van der Waals surface area (Å²) in [6, 6.07) is 26.4. The third-order valence-electron chi connectivity index (χ3n) is 9.51. The van der Waals surface area contributed by atoms with Crippen LogP contribution in [0.25, 0.3) is 21.9 Å². The zero-order chi connectivity index (χ0) is 38.6. The second-order valence-corrected chi connectivity index (χ2v) is 13.4. The molecule has 4 aromatic heterocycles. The minimum absolute atomic E-state index is 0. The number of ether oxygens (including phenoxy) is 1. The molecule has 0 bridgehead atoms. The minimum atomic E-state index is -0.527. The van der Waals surface area contributed by atoms with Crippen LogP contribution in [-0.4, -0.2) is 51.4 Å². The van der Waals surface area contributed by atoms with E-state index < -0.39 is 5.91 Å². The van der Waals surface area contributed by atoms with E-state index in [0.717, 1.165) is 33.4 Å². The number of unbranched alkanes of at least 4 members (excludes halogenated alkanes) is 1. The monoisotopic (exact) mass is 756 g/mol. The molecule has 0 aliphatic carbocycles. The SMILES string of the molecule is C.CCn1nc(C)cc1C(=O)Nc1cc2cc(C(N)=O)ccc2n1CCCCn1c(NC(=O)c2cc(C)nn2CC)nc2c(OCc3ccccc3)cccc21. The third-order valence-corrected chi connectivity index (χ3v) is 9.51. The maximum Gasteiger partial charge on any atom is 0.276 e. The van der Waals surface area contributed by atoms with E-state index in [-0.39, 0.29) is 19.2 Å². The number of aromatic nitrogens is 7. The fourth-order valence-electron chi connectivity index (χ4n) is 6.89. The Hall–Kier alpha value is -6.70. The van der Waals surface area contributed by atoms with E-state index in [4.69, 9.17) is 15.5 Å². The van der Waals surface area contributed by atoms with E-state index in [0.29, 0.717) is 85.6 Å². The van der Waals surface area contributed by atoms with Crippen molar-refractivity contribution in [3.8, 4) is 5.75 Å². The Bertz CT molecular complexity index is 2520. The normalized spacial score (nSPS) is 11.1. The van der Waals surface area contributed by atoms with Crippen molar-refractivity contribution in [2.45, 2.75) is 80.7 Å². The summed E-state index contributed by atoms with van der Waals surface area (Å²) in [4.78, 5) is 44.1. The molecule has 0 unspecified atom stereocenters. The molecule has 0 fully saturated rings. The topological polar surface area (TPSA) is 169 Å². The second kappa shape index (κ2) is 16.8. The van der Waals surface area contributed by atoms with Gasteiger partial charge in [0.2, 0.25) is 11.9 Å². The average molecular weight is 757 g/mol. The van der Waals surface area contributed by atoms with Crippen molar-refractivity contribution in [1.82, 2.24) is 33.7 Å². The van der Waals surface area contributed by atoms with Crippen LogP contribution in [0.5, 0.6) is 5.75 Å². The van der Waals surface area contributed by atoms with Crippen LogP contribution in [0.2, 0.25) is 0 Å². The van der Waals surface area contributed by atoms with Gasteiger partial charge in [-0.2, -0.15) is 10.2 Å². The number of nitrogens with zero attached hydrogens (tertiary/aromatic N) is 7. The molecule has 3 amide bonds. The number of anilines is 2. The molecular formula is C42H48N10O4. The van der Waals surface area contributed by atoms with Crippen LogP contribution in [0, 0.1) is 13.8 Å². The van der Waals surface area contributed by atoms with E-state index >= 15 is 0 Å². The Labute approximate surface area is 325 Å². The molecule has 0 aliphatic rings. The summed E-state index contributed by atoms with van der Waals surface area (Å²) < 4.78 is 13.6. The van der Waals surface area contributed by atoms with Crippen molar-refractivity contribution in [2.75, 3.05) is 10.6 Å². The molecule has 14 heteroatoms. The number of imidazole rings is 1. The number of primary amides is 1. The van der Waals surface area contributed by atoms with Crippen molar-refractivity contribution >= 4 is 51.4 Å². The molecular weight excluding hydrogens is 709 g/mol. The summed E-state index contributed by atoms with van der Waals surface area (Å²) in [5.74, 6) is 0.488. The Morgan fingerprint density at radius 2 is 1.38 bits per heavy atom. The van der Waals surface area contributed by atoms with E-state index in [1.54, 1.807) is 33.6 Å². The molecule has 0 saturated carbocycles. The predicted molar refractivity (Wildman–Crippen MR) is 218 cm³/mol. The number of nitrogens with two attached hydrogens (primary N) is 1. The van der Waals surface area contributed by atoms with Gasteiger partial charge < -0.3 is 24.9 Å². The summed E-state index contributed by atoms with van der Waals surface area (Å²) in [7, 11) is 0. The largest absolute Gasteiger partial charge is 0.487 e. The van der Waals surface area contributed by atoms with Gasteiger partial charge in [-0.1, -0.05) is 43.8 Å². The zero-order valence-electron chi connectivity index (χ0n) is 31.4. The molecule has 4 heterocycles. The lowest BCUT2D eigenvalue weighted by molar-refractivity contribution is 0.0995. The number of para-hydroxylation sites is 1. The van der Waals surface area contributed by atoms with Gasteiger partial charge in [-0.15, -0.1) is 0 Å². The van der Waals surface area contributed by atoms with Gasteiger partial charge in [0.15, 0.2) is 0 Å². The van der Waals surface area contributed by atoms with Crippen LogP contribution in [0.4, 0.5) is 11.8 Å². The molecule has 0 atom stereocenters. The first kappa shape index (κ1) is 39.0. The van der Waals surface area contributed by atoms with Crippen LogP contribution in [0.3, 0.4) is 0 Å². The average Bonchev–Trinajstić information content (AvgIpc) is 3.95. The van der Waals surface area contributed by atoms with Gasteiger partial charge in [-0.25, -0.2) is 4.98 Å². The number of aryl methyl sites for hydroxylation is 6. The standard InChI is InChI=1S/C41H44N10O4.CH4/c1-5-50-33(21-26(3)46-50)39(53)43-36-24-30-23-29(38(42)52)17-18-31(30)48(36)19-10-11-20-49-32-15-12-16-35(55-25-28-13-8-7-9-14-28)37(32)44-41(49)45-40(54)34-22-27(4)47-51(34)6-2;/h7-9,12-18,21-24H,5-6,10-11,19-20,25H2,1-4H3,(H2,42,52)(H,43,53)(H,44,45,54);1H4. The van der Waals surface area contributed by atoms with Gasteiger partial charge in [0.1, 0.15) is 35.1 Å². The van der Waals surface area contributed by atoms with Crippen LogP contribution < -0.4 is 21.1 Å². The Morgan fingerprint density at radius 1 is 0.732 bits per heavy atom. The molecule has 3 aromatic carbocycles. The Balaban J connectivity index is 0.00000532. The van der Waals surface area contributed by atoms with Crippen LogP contribution in [0.15, 0.2) is 84.9 Å². The number of carbonyl (C=O) groups excluding carboxylic acids is 3. The molecule has 0 spiro atoms. The first-order valence-corrected chi connectivity index (χ1v) is 18.4. The molecule has 7 aromatic rings. The van der Waals surface area contributed by atoms with E-state index in [9.17, 15) is 14.4 Å². The predicted octanol–water partition coefficient (Wildman–Crippen LogP) is 7.34. The summed E-state index contributed by atoms with van der Waals surface area (Å²) in [5, 5.41) is 15.8. The van der Waals surface area contributed by atoms with Crippen molar-refractivity contribution in [3.63, 3.8) is 0 Å². The number of carbonyl (C=O) groups is 3. The quantitative estimate of drug-likeness (QED) is 0.0920. The first-order chi connectivity index (χ1) is 26.6. The van der Waals surface area contributed by atoms with Crippen molar-refractivity contribution in [2.24, 2.45) is 5.73 Å². The third kappa shape index (κ3) is 8.04. The van der Waals surface area contributed by atoms with Gasteiger partial charge in [-0.05, 0) is 94.6 Å². The first-order valence-electron chi connectivity index (χ1n) is 18.4. The highest BCUT2D eigenvalue weighted by atomic mass is 16.5. The highest BCUT2D eigenvalue weighted by molar-refractivity contribution is 6.05. The Kier molecular flexibility index (Phi) is 11.7. The van der Waals surface area contributed by atoms with Crippen LogP contribution in [0.1, 0.15) is 82.4 Å². The summed E-state index contributed by atoms with van der Waals surface area (Å²) in [6.07, 6.45) is 1.40. The smallest absolute Gasteiger partial charge is 0.276 e. The number of hydrogen-bond donors (Lipinski definition) is 3. The number of hydrogen-bond acceptors (Lipinski definition) is 7. The molecule has 4 N–H and O–H groups in total. The molecule has 56 heavy (non-hydrogen) atoms. The minimum Gasteiger partial charge on any atom is -0.487 e. The second-order valence-electron chi connectivity index (χ2n) is 13.4. The molecule has 0 saturated heterocycles. The molecule has 290 valence electrons. The van der Waals surface area contributed by atoms with E-state index in [1.807, 2.05) is 97.5 Å². The summed E-state index contributed by atoms with van der Waals surface area (Å²) in [6.45, 7) is 10.1. The van der Waals surface area contributed by atoms with Crippen LogP contribution in [-0.2, 0) is 32.8 Å². The summed E-state index contributed by atoms with van der Waals surface area (Å²) in [5.41, 5.74) is 11.7. The number of rotatable bonds is 15. The number of amides is 3. The molecule has 0 aliphatic heterocycles. The van der Waals surface area contributed by atoms with Gasteiger partial charge in [-0.3, -0.25) is 29.1 Å². The number of fused-ring (bicyclic) bond motifs is 2. The van der Waals surface area contributed by atoms with Gasteiger partial charge >= 0.3 is 0 Å². The lowest BCUT2D eigenvalue weighted by Gasteiger charge is -2.14. The maximum atomic E-state index is 13.6. The lowest BCUT2D eigenvalue weighted by atomic mass is 10.1. The van der Waals surface area contributed by atoms with Crippen LogP contribution >= 0.6 is 0 Å². The Morgan fingerprint density at radius 3 is 2.02 bits per heavy atom. The van der Waals surface area contributed by atoms with Gasteiger partial charge in [0.05, 0.1) is 16.9 Å². The fourth-order valence-corrected chi connectivity index (χ4v) is 6.89. The van der Waals surface area contributed by atoms with E-state index in [2.05, 4.69) is 20.8 Å². The lowest BCUT2D eigenvalue weighted by Crippen LogP contribution is -2.20. The fraction of sp³-hybridized carbons (Fsp3) is 0.286. The molecule has 14 nitrogen and oxygen atoms in total. The highest BCUT2D eigenvalue weighted by Crippen LogP contribution is 2.31. The highest BCUT2D eigenvalue weighted by Gasteiger charge is 2.21. The van der Waals surface area contributed by atoms with Crippen molar-refractivity contribution in [3.05, 3.63) is 119 Å². The van der Waals surface area contributed by atoms with Crippen molar-refractivity contribution < 1.29 is 19.1 Å². The summed E-state index contributed by atoms with van der Waals surface area (Å²) >= 11 is 0. The molecule has 7 rings (SSSR count). The van der Waals surface area contributed by atoms with E-state index in [1.165, 1.54) is 0 Å². The maximum absolute atomic E-state index is 13.6. The zero-order valence-corrected chi connectivity index (χ0v) is 31.4. The number of benzene rings is 3. The number of nitrogens with one attached hydrogen (secondary N) is 2. The van der Waals surface area contributed by atoms with Gasteiger partial charge in [0, 0.05) is 42.6 Å². The van der Waals surface area contributed by atoms with Crippen molar-refractivity contribution in [1.29, 1.82) is 0 Å². The van der Waals surface area contributed by atoms with Gasteiger partial charge in [0.25, 0.3) is 11.8 Å².